The van der Waals surface area contributed by atoms with Gasteiger partial charge in [-0.1, -0.05) is 111 Å². The highest BCUT2D eigenvalue weighted by molar-refractivity contribution is 7.27. The highest BCUT2D eigenvalue weighted by Gasteiger charge is 2.79. The molecule has 0 aromatic carbocycles. The second-order valence-corrected chi connectivity index (χ2v) is 48.2. The summed E-state index contributed by atoms with van der Waals surface area (Å²) in [5.41, 5.74) is -2.41. The van der Waals surface area contributed by atoms with Crippen molar-refractivity contribution in [3.63, 3.8) is 0 Å². The van der Waals surface area contributed by atoms with Gasteiger partial charge in [-0.2, -0.15) is 0 Å². The molecule has 4 unspecified atom stereocenters. The number of halogens is 4. The van der Waals surface area contributed by atoms with Crippen molar-refractivity contribution in [2.75, 3.05) is 0 Å². The predicted octanol–water partition coefficient (Wildman–Crippen LogP) is 9.94. The van der Waals surface area contributed by atoms with E-state index < -0.39 is 66.7 Å². The summed E-state index contributed by atoms with van der Waals surface area (Å²) in [5, 5.41) is 0. The van der Waals surface area contributed by atoms with E-state index in [1.165, 1.54) is 0 Å². The van der Waals surface area contributed by atoms with E-state index in [-0.39, 0.29) is 44.3 Å². The minimum atomic E-state index is -4.04. The first-order valence-corrected chi connectivity index (χ1v) is 35.2. The SMILES string of the molecule is CC(C)[Si]1(Cl)O[Si](Cl)(C(C)C)O[Si]2(C(C)C)O[Si](C(C)C)(O1)O[Si]1(C(C)C)O[Si](Cl)(C(C)C)O[Si](Cl)(C(C)C)O[Si](C(C)C)(O1)O2. The van der Waals surface area contributed by atoms with E-state index >= 15 is 0 Å². The fourth-order valence-corrected chi connectivity index (χ4v) is 56.5. The maximum atomic E-state index is 7.46. The van der Waals surface area contributed by atoms with E-state index in [1.807, 2.05) is 111 Å². The Morgan fingerprint density at radius 2 is 0.391 bits per heavy atom. The lowest BCUT2D eigenvalue weighted by molar-refractivity contribution is 0.0383. The fraction of sp³-hybridized carbons (Fsp3) is 1.00. The second-order valence-electron chi connectivity index (χ2n) is 15.0. The molecule has 0 N–H and O–H groups in total. The van der Waals surface area contributed by atoms with Crippen molar-refractivity contribution in [3.8, 4) is 0 Å². The van der Waals surface area contributed by atoms with E-state index in [2.05, 4.69) is 0 Å². The van der Waals surface area contributed by atoms with Crippen molar-refractivity contribution in [1.29, 1.82) is 0 Å². The Bertz CT molecular complexity index is 947. The Morgan fingerprint density at radius 3 is 0.500 bits per heavy atom. The molecule has 272 valence electrons. The number of rotatable bonds is 8. The quantitative estimate of drug-likeness (QED) is 0.174. The summed E-state index contributed by atoms with van der Waals surface area (Å²) in [5.74, 6) is 0. The molecular formula is C24H56Cl4O10Si8. The molecule has 3 heterocycles. The highest BCUT2D eigenvalue weighted by atomic mass is 35.6. The van der Waals surface area contributed by atoms with Crippen molar-refractivity contribution in [3.05, 3.63) is 0 Å². The van der Waals surface area contributed by atoms with Crippen LogP contribution in [0.5, 0.6) is 0 Å². The molecule has 46 heavy (non-hydrogen) atoms. The molecule has 0 aliphatic carbocycles. The summed E-state index contributed by atoms with van der Waals surface area (Å²) in [7, 11) is -31.0. The predicted molar refractivity (Wildman–Crippen MR) is 201 cm³/mol. The molecule has 3 aliphatic heterocycles. The summed E-state index contributed by atoms with van der Waals surface area (Å²) >= 11 is 29.9. The maximum absolute atomic E-state index is 7.46. The Labute approximate surface area is 305 Å². The third-order valence-corrected chi connectivity index (χ3v) is 52.9. The van der Waals surface area contributed by atoms with Gasteiger partial charge in [-0.05, 0) is 0 Å². The molecule has 3 saturated heterocycles. The zero-order valence-electron chi connectivity index (χ0n) is 30.2. The maximum Gasteiger partial charge on any atom is 0.480 e. The van der Waals surface area contributed by atoms with E-state index in [0.717, 1.165) is 0 Å². The van der Waals surface area contributed by atoms with Gasteiger partial charge in [0.2, 0.25) is 0 Å². The van der Waals surface area contributed by atoms with Gasteiger partial charge in [0, 0.05) is 44.3 Å². The third kappa shape index (κ3) is 7.88. The highest BCUT2D eigenvalue weighted by Crippen LogP contribution is 2.56. The summed E-state index contributed by atoms with van der Waals surface area (Å²) < 4.78 is 71.8. The van der Waals surface area contributed by atoms with Crippen LogP contribution in [0.4, 0.5) is 0 Å². The van der Waals surface area contributed by atoms with Crippen LogP contribution in [0.15, 0.2) is 0 Å². The van der Waals surface area contributed by atoms with Gasteiger partial charge < -0.3 is 41.2 Å². The van der Waals surface area contributed by atoms with Crippen molar-refractivity contribution in [2.24, 2.45) is 0 Å². The van der Waals surface area contributed by atoms with E-state index in [4.69, 9.17) is 85.5 Å². The first-order chi connectivity index (χ1) is 20.6. The Morgan fingerprint density at radius 1 is 0.239 bits per heavy atom. The van der Waals surface area contributed by atoms with E-state index in [9.17, 15) is 0 Å². The standard InChI is InChI=1S/C24H56Cl4O10Si8/c1-17(2)39(25)29-40(26,18(3)4)32-44(22(11)12)35-43(31-39,21(9)10)37-45(23(13)14)33-41(27,19(5)6)30-42(28,20(7)8)34-46(36-45,38-44)24(15)16/h17-24H,1-16H3. The van der Waals surface area contributed by atoms with Gasteiger partial charge in [0.25, 0.3) is 0 Å². The van der Waals surface area contributed by atoms with Crippen LogP contribution in [-0.4, -0.2) is 66.7 Å². The van der Waals surface area contributed by atoms with Crippen LogP contribution >= 0.6 is 44.3 Å². The molecule has 10 nitrogen and oxygen atoms in total. The van der Waals surface area contributed by atoms with Gasteiger partial charge in [-0.15, -0.1) is 44.3 Å². The molecule has 0 amide bonds. The van der Waals surface area contributed by atoms with Crippen molar-refractivity contribution < 1.29 is 41.2 Å². The minimum absolute atomic E-state index is 0.255. The number of fused-ring (bicyclic) bond motifs is 4. The first-order valence-electron chi connectivity index (χ1n) is 16.4. The molecule has 22 heteroatoms. The summed E-state index contributed by atoms with van der Waals surface area (Å²) in [4.78, 5) is 0. The minimum Gasteiger partial charge on any atom is -0.392 e. The van der Waals surface area contributed by atoms with Gasteiger partial charge in [0.05, 0.1) is 0 Å². The Balaban J connectivity index is 2.55. The van der Waals surface area contributed by atoms with Crippen LogP contribution in [0.3, 0.4) is 0 Å². The summed E-state index contributed by atoms with van der Waals surface area (Å²) in [6.07, 6.45) is 0. The zero-order chi connectivity index (χ0) is 35.7. The van der Waals surface area contributed by atoms with Gasteiger partial charge >= 0.3 is 66.7 Å². The normalized spacial score (nSPS) is 44.6. The zero-order valence-corrected chi connectivity index (χ0v) is 41.2. The van der Waals surface area contributed by atoms with Crippen LogP contribution in [-0.2, 0) is 41.2 Å². The first kappa shape index (κ1) is 42.9. The molecule has 3 fully saturated rings. The average molecular weight is 871 g/mol. The van der Waals surface area contributed by atoms with Crippen molar-refractivity contribution >= 4 is 111 Å². The van der Waals surface area contributed by atoms with Crippen molar-refractivity contribution in [1.82, 2.24) is 0 Å². The summed E-state index contributed by atoms with van der Waals surface area (Å²) in [6.45, 7) is 31.4. The average Bonchev–Trinajstić information content (AvgIpc) is 2.84. The smallest absolute Gasteiger partial charge is 0.392 e. The molecule has 4 atom stereocenters. The lowest BCUT2D eigenvalue weighted by Crippen LogP contribution is -2.82. The van der Waals surface area contributed by atoms with Crippen LogP contribution in [0.2, 0.25) is 44.3 Å². The molecule has 3 aliphatic rings. The topological polar surface area (TPSA) is 92.3 Å². The lowest BCUT2D eigenvalue weighted by atomic mass is 10.6. The molecule has 0 aromatic heterocycles. The third-order valence-electron chi connectivity index (χ3n) is 8.41. The van der Waals surface area contributed by atoms with Crippen LogP contribution in [0, 0.1) is 0 Å². The van der Waals surface area contributed by atoms with Gasteiger partial charge in [0.1, 0.15) is 0 Å². The van der Waals surface area contributed by atoms with Crippen LogP contribution in [0.25, 0.3) is 0 Å². The van der Waals surface area contributed by atoms with Gasteiger partial charge in [-0.3, -0.25) is 0 Å². The molecule has 0 saturated carbocycles. The molecule has 0 spiro atoms. The molecule has 3 rings (SSSR count). The number of hydrogen-bond acceptors (Lipinski definition) is 10. The lowest BCUT2D eigenvalue weighted by Gasteiger charge is -2.60. The summed E-state index contributed by atoms with van der Waals surface area (Å²) in [6, 6.07) is 0. The molecule has 4 bridgehead atoms. The monoisotopic (exact) mass is 868 g/mol. The second kappa shape index (κ2) is 14.4. The van der Waals surface area contributed by atoms with Crippen LogP contribution in [0.1, 0.15) is 111 Å². The van der Waals surface area contributed by atoms with Crippen LogP contribution < -0.4 is 0 Å². The van der Waals surface area contributed by atoms with Gasteiger partial charge in [0.15, 0.2) is 0 Å². The van der Waals surface area contributed by atoms with Gasteiger partial charge in [-0.25, -0.2) is 0 Å². The Kier molecular flexibility index (Phi) is 13.4. The number of hydrogen-bond donors (Lipinski definition) is 0. The molecular weight excluding hydrogens is 815 g/mol. The van der Waals surface area contributed by atoms with Crippen molar-refractivity contribution in [2.45, 2.75) is 155 Å². The van der Waals surface area contributed by atoms with E-state index in [1.54, 1.807) is 0 Å². The largest absolute Gasteiger partial charge is 0.480 e. The molecule has 0 radical (unpaired) electrons. The molecule has 0 aromatic rings. The Hall–Kier alpha value is 2.50. The fourth-order valence-electron chi connectivity index (χ4n) is 4.64. The van der Waals surface area contributed by atoms with E-state index in [0.29, 0.717) is 0 Å².